The van der Waals surface area contributed by atoms with Gasteiger partial charge in [0.15, 0.2) is 5.82 Å². The van der Waals surface area contributed by atoms with Gasteiger partial charge in [-0.05, 0) is 25.8 Å². The van der Waals surface area contributed by atoms with E-state index in [0.29, 0.717) is 18.4 Å². The van der Waals surface area contributed by atoms with Crippen LogP contribution >= 0.6 is 0 Å². The van der Waals surface area contributed by atoms with E-state index < -0.39 is 0 Å². The van der Waals surface area contributed by atoms with Crippen molar-refractivity contribution in [3.8, 4) is 0 Å². The first-order chi connectivity index (χ1) is 10.2. The Morgan fingerprint density at radius 3 is 2.86 bits per heavy atom. The summed E-state index contributed by atoms with van der Waals surface area (Å²) in [6.45, 7) is 4.95. The van der Waals surface area contributed by atoms with Crippen LogP contribution in [0.3, 0.4) is 0 Å². The molecule has 2 heterocycles. The SMILES string of the molecule is C[C@H](N[C@H]1CCO[C@@H]1C)c1nc(Cc2ccccc2)no1. The first-order valence-electron chi connectivity index (χ1n) is 7.46. The Labute approximate surface area is 124 Å². The third kappa shape index (κ3) is 3.49. The Bertz CT molecular complexity index is 570. The summed E-state index contributed by atoms with van der Waals surface area (Å²) in [7, 11) is 0. The summed E-state index contributed by atoms with van der Waals surface area (Å²) in [6.07, 6.45) is 1.95. The number of benzene rings is 1. The molecule has 1 saturated heterocycles. The molecule has 1 aliphatic heterocycles. The number of hydrogen-bond acceptors (Lipinski definition) is 5. The minimum absolute atomic E-state index is 0.0381. The summed E-state index contributed by atoms with van der Waals surface area (Å²) in [5.74, 6) is 1.36. The highest BCUT2D eigenvalue weighted by Crippen LogP contribution is 2.18. The fourth-order valence-corrected chi connectivity index (χ4v) is 2.64. The van der Waals surface area contributed by atoms with E-state index in [1.807, 2.05) is 25.1 Å². The van der Waals surface area contributed by atoms with Crippen molar-refractivity contribution < 1.29 is 9.26 Å². The standard InChI is InChI=1S/C16H21N3O2/c1-11(17-14-8-9-20-12(14)2)16-18-15(19-21-16)10-13-6-4-3-5-7-13/h3-7,11-12,14,17H,8-10H2,1-2H3/t11-,12+,14-/m0/s1. The second kappa shape index (κ2) is 6.37. The van der Waals surface area contributed by atoms with Crippen LogP contribution in [0.1, 0.15) is 43.6 Å². The van der Waals surface area contributed by atoms with Gasteiger partial charge in [-0.15, -0.1) is 0 Å². The molecule has 0 aliphatic carbocycles. The number of rotatable bonds is 5. The normalized spacial score (nSPS) is 23.3. The van der Waals surface area contributed by atoms with E-state index in [4.69, 9.17) is 9.26 Å². The van der Waals surface area contributed by atoms with Crippen molar-refractivity contribution in [1.29, 1.82) is 0 Å². The van der Waals surface area contributed by atoms with Crippen LogP contribution in [0.2, 0.25) is 0 Å². The molecule has 3 atom stereocenters. The molecule has 0 spiro atoms. The maximum atomic E-state index is 5.56. The van der Waals surface area contributed by atoms with Gasteiger partial charge < -0.3 is 14.6 Å². The predicted octanol–water partition coefficient (Wildman–Crippen LogP) is 2.49. The number of nitrogens with zero attached hydrogens (tertiary/aromatic N) is 2. The Hall–Kier alpha value is -1.72. The van der Waals surface area contributed by atoms with Crippen molar-refractivity contribution in [1.82, 2.24) is 15.5 Å². The van der Waals surface area contributed by atoms with E-state index in [9.17, 15) is 0 Å². The lowest BCUT2D eigenvalue weighted by atomic mass is 10.1. The van der Waals surface area contributed by atoms with Crippen LogP contribution in [0.4, 0.5) is 0 Å². The van der Waals surface area contributed by atoms with Gasteiger partial charge in [0, 0.05) is 19.1 Å². The van der Waals surface area contributed by atoms with E-state index in [1.165, 1.54) is 5.56 Å². The fraction of sp³-hybridized carbons (Fsp3) is 0.500. The maximum Gasteiger partial charge on any atom is 0.243 e. The van der Waals surface area contributed by atoms with Crippen molar-refractivity contribution in [2.24, 2.45) is 0 Å². The summed E-state index contributed by atoms with van der Waals surface area (Å²) < 4.78 is 10.9. The van der Waals surface area contributed by atoms with Crippen LogP contribution in [0.15, 0.2) is 34.9 Å². The van der Waals surface area contributed by atoms with Crippen LogP contribution in [-0.2, 0) is 11.2 Å². The third-order valence-electron chi connectivity index (χ3n) is 3.90. The molecule has 1 aromatic heterocycles. The lowest BCUT2D eigenvalue weighted by Gasteiger charge is -2.19. The summed E-state index contributed by atoms with van der Waals surface area (Å²) in [6, 6.07) is 10.6. The molecule has 0 unspecified atom stereocenters. The van der Waals surface area contributed by atoms with Gasteiger partial charge in [-0.25, -0.2) is 0 Å². The quantitative estimate of drug-likeness (QED) is 0.915. The lowest BCUT2D eigenvalue weighted by Crippen LogP contribution is -2.36. The zero-order valence-corrected chi connectivity index (χ0v) is 12.5. The fourth-order valence-electron chi connectivity index (χ4n) is 2.64. The molecule has 1 N–H and O–H groups in total. The van der Waals surface area contributed by atoms with Crippen LogP contribution in [0, 0.1) is 0 Å². The minimum atomic E-state index is 0.0381. The average Bonchev–Trinajstić information content (AvgIpc) is 3.10. The van der Waals surface area contributed by atoms with Crippen LogP contribution < -0.4 is 5.32 Å². The molecular formula is C16H21N3O2. The molecule has 1 aliphatic rings. The van der Waals surface area contributed by atoms with E-state index >= 15 is 0 Å². The Balaban J connectivity index is 1.61. The van der Waals surface area contributed by atoms with Crippen LogP contribution in [-0.4, -0.2) is 28.9 Å². The van der Waals surface area contributed by atoms with Gasteiger partial charge in [0.25, 0.3) is 0 Å². The Morgan fingerprint density at radius 1 is 1.33 bits per heavy atom. The number of aromatic nitrogens is 2. The maximum absolute atomic E-state index is 5.56. The monoisotopic (exact) mass is 287 g/mol. The molecule has 1 aromatic carbocycles. The number of nitrogens with one attached hydrogen (secondary N) is 1. The molecule has 5 nitrogen and oxygen atoms in total. The minimum Gasteiger partial charge on any atom is -0.377 e. The molecule has 5 heteroatoms. The van der Waals surface area contributed by atoms with Crippen molar-refractivity contribution >= 4 is 0 Å². The van der Waals surface area contributed by atoms with Gasteiger partial charge in [0.05, 0.1) is 12.1 Å². The van der Waals surface area contributed by atoms with E-state index in [-0.39, 0.29) is 12.1 Å². The molecule has 1 fully saturated rings. The zero-order chi connectivity index (χ0) is 14.7. The highest BCUT2D eigenvalue weighted by atomic mass is 16.5. The topological polar surface area (TPSA) is 60.2 Å². The van der Waals surface area contributed by atoms with Gasteiger partial charge in [0.2, 0.25) is 5.89 Å². The Morgan fingerprint density at radius 2 is 2.14 bits per heavy atom. The third-order valence-corrected chi connectivity index (χ3v) is 3.90. The van der Waals surface area contributed by atoms with Gasteiger partial charge in [-0.1, -0.05) is 35.5 Å². The molecule has 0 saturated carbocycles. The van der Waals surface area contributed by atoms with Crippen molar-refractivity contribution in [2.75, 3.05) is 6.61 Å². The predicted molar refractivity (Wildman–Crippen MR) is 78.9 cm³/mol. The number of hydrogen-bond donors (Lipinski definition) is 1. The van der Waals surface area contributed by atoms with Crippen molar-refractivity contribution in [3.63, 3.8) is 0 Å². The van der Waals surface area contributed by atoms with Crippen LogP contribution in [0.25, 0.3) is 0 Å². The van der Waals surface area contributed by atoms with E-state index in [1.54, 1.807) is 0 Å². The zero-order valence-electron chi connectivity index (χ0n) is 12.5. The summed E-state index contributed by atoms with van der Waals surface area (Å²) >= 11 is 0. The van der Waals surface area contributed by atoms with Crippen molar-refractivity contribution in [2.45, 2.75) is 44.9 Å². The van der Waals surface area contributed by atoms with Gasteiger partial charge in [0.1, 0.15) is 0 Å². The van der Waals surface area contributed by atoms with Crippen molar-refractivity contribution in [3.05, 3.63) is 47.6 Å². The summed E-state index contributed by atoms with van der Waals surface area (Å²) in [5.41, 5.74) is 1.18. The molecule has 3 rings (SSSR count). The second-order valence-electron chi connectivity index (χ2n) is 5.57. The second-order valence-corrected chi connectivity index (χ2v) is 5.57. The smallest absolute Gasteiger partial charge is 0.243 e. The highest BCUT2D eigenvalue weighted by Gasteiger charge is 2.27. The molecule has 2 aromatic rings. The largest absolute Gasteiger partial charge is 0.377 e. The van der Waals surface area contributed by atoms with Crippen LogP contribution in [0.5, 0.6) is 0 Å². The molecule has 21 heavy (non-hydrogen) atoms. The van der Waals surface area contributed by atoms with E-state index in [2.05, 4.69) is 34.5 Å². The van der Waals surface area contributed by atoms with E-state index in [0.717, 1.165) is 18.9 Å². The molecule has 0 radical (unpaired) electrons. The highest BCUT2D eigenvalue weighted by molar-refractivity contribution is 5.18. The average molecular weight is 287 g/mol. The molecular weight excluding hydrogens is 266 g/mol. The van der Waals surface area contributed by atoms with Gasteiger partial charge >= 0.3 is 0 Å². The first-order valence-corrected chi connectivity index (χ1v) is 7.46. The molecule has 0 amide bonds. The van der Waals surface area contributed by atoms with Gasteiger partial charge in [-0.3, -0.25) is 0 Å². The first kappa shape index (κ1) is 14.2. The summed E-state index contributed by atoms with van der Waals surface area (Å²) in [5, 5.41) is 7.57. The molecule has 0 bridgehead atoms. The molecule has 112 valence electrons. The summed E-state index contributed by atoms with van der Waals surface area (Å²) in [4.78, 5) is 4.49. The number of ether oxygens (including phenoxy) is 1. The van der Waals surface area contributed by atoms with Gasteiger partial charge in [-0.2, -0.15) is 4.98 Å². The lowest BCUT2D eigenvalue weighted by molar-refractivity contribution is 0.110. The Kier molecular flexibility index (Phi) is 4.31.